The van der Waals surface area contributed by atoms with Gasteiger partial charge in [-0.05, 0) is 44.5 Å². The predicted octanol–water partition coefficient (Wildman–Crippen LogP) is 2.05. The third kappa shape index (κ3) is 2.17. The lowest BCUT2D eigenvalue weighted by atomic mass is 9.92. The molecule has 2 nitrogen and oxygen atoms in total. The quantitative estimate of drug-likeness (QED) is 0.734. The van der Waals surface area contributed by atoms with Gasteiger partial charge in [0.15, 0.2) is 5.78 Å². The fourth-order valence-corrected chi connectivity index (χ4v) is 1.23. The minimum absolute atomic E-state index is 0.171. The predicted molar refractivity (Wildman–Crippen MR) is 53.7 cm³/mol. The molecule has 2 N–H and O–H groups in total. The summed E-state index contributed by atoms with van der Waals surface area (Å²) in [4.78, 5) is 11.8. The summed E-state index contributed by atoms with van der Waals surface area (Å²) in [5, 5.41) is 0. The number of benzene rings is 1. The van der Waals surface area contributed by atoms with Gasteiger partial charge in [0.2, 0.25) is 0 Å². The van der Waals surface area contributed by atoms with E-state index in [1.165, 1.54) is 18.2 Å². The van der Waals surface area contributed by atoms with Gasteiger partial charge in [0.05, 0.1) is 5.54 Å². The van der Waals surface area contributed by atoms with Crippen molar-refractivity contribution in [2.75, 3.05) is 0 Å². The number of carbonyl (C=O) groups is 1. The number of hydrogen-bond acceptors (Lipinski definition) is 2. The number of carbonyl (C=O) groups excluding carboxylic acids is 1. The van der Waals surface area contributed by atoms with E-state index in [2.05, 4.69) is 0 Å². The third-order valence-electron chi connectivity index (χ3n) is 2.02. The highest BCUT2D eigenvalue weighted by atomic mass is 19.1. The van der Waals surface area contributed by atoms with E-state index >= 15 is 0 Å². The molecule has 1 rings (SSSR count). The highest BCUT2D eigenvalue weighted by Crippen LogP contribution is 2.15. The van der Waals surface area contributed by atoms with Crippen molar-refractivity contribution in [1.29, 1.82) is 0 Å². The third-order valence-corrected chi connectivity index (χ3v) is 2.02. The van der Waals surface area contributed by atoms with E-state index in [-0.39, 0.29) is 11.6 Å². The monoisotopic (exact) mass is 195 g/mol. The first-order chi connectivity index (χ1) is 6.32. The Morgan fingerprint density at radius 2 is 2.00 bits per heavy atom. The fourth-order valence-electron chi connectivity index (χ4n) is 1.23. The Hall–Kier alpha value is -1.22. The van der Waals surface area contributed by atoms with Crippen LogP contribution >= 0.6 is 0 Å². The lowest BCUT2D eigenvalue weighted by Crippen LogP contribution is -2.41. The normalized spacial score (nSPS) is 11.5. The van der Waals surface area contributed by atoms with E-state index in [0.717, 1.165) is 0 Å². The van der Waals surface area contributed by atoms with Gasteiger partial charge in [-0.3, -0.25) is 4.79 Å². The Morgan fingerprint density at radius 1 is 1.43 bits per heavy atom. The van der Waals surface area contributed by atoms with Gasteiger partial charge in [-0.1, -0.05) is 0 Å². The molecule has 0 bridgehead atoms. The zero-order valence-corrected chi connectivity index (χ0v) is 8.60. The van der Waals surface area contributed by atoms with Crippen molar-refractivity contribution in [2.45, 2.75) is 26.3 Å². The summed E-state index contributed by atoms with van der Waals surface area (Å²) in [6.45, 7) is 4.97. The van der Waals surface area contributed by atoms with Crippen molar-refractivity contribution < 1.29 is 9.18 Å². The van der Waals surface area contributed by atoms with Crippen LogP contribution in [0, 0.1) is 12.7 Å². The molecule has 1 aromatic carbocycles. The molecule has 0 heterocycles. The van der Waals surface area contributed by atoms with Crippen LogP contribution in [-0.2, 0) is 0 Å². The maximum absolute atomic E-state index is 12.8. The zero-order valence-electron chi connectivity index (χ0n) is 8.60. The Kier molecular flexibility index (Phi) is 2.71. The van der Waals surface area contributed by atoms with Gasteiger partial charge >= 0.3 is 0 Å². The van der Waals surface area contributed by atoms with Crippen molar-refractivity contribution in [3.63, 3.8) is 0 Å². The summed E-state index contributed by atoms with van der Waals surface area (Å²) in [6.07, 6.45) is 0. The van der Waals surface area contributed by atoms with Crippen molar-refractivity contribution in [2.24, 2.45) is 5.73 Å². The van der Waals surface area contributed by atoms with Gasteiger partial charge in [-0.25, -0.2) is 4.39 Å². The summed E-state index contributed by atoms with van der Waals surface area (Å²) in [6, 6.07) is 4.08. The van der Waals surface area contributed by atoms with Crippen molar-refractivity contribution >= 4 is 5.78 Å². The van der Waals surface area contributed by atoms with Crippen LogP contribution in [0.5, 0.6) is 0 Å². The van der Waals surface area contributed by atoms with Crippen LogP contribution in [0.2, 0.25) is 0 Å². The fraction of sp³-hybridized carbons (Fsp3) is 0.364. The Balaban J connectivity index is 3.15. The average Bonchev–Trinajstić information content (AvgIpc) is 2.01. The van der Waals surface area contributed by atoms with E-state index in [9.17, 15) is 9.18 Å². The lowest BCUT2D eigenvalue weighted by Gasteiger charge is -2.18. The van der Waals surface area contributed by atoms with Gasteiger partial charge < -0.3 is 5.73 Å². The van der Waals surface area contributed by atoms with Crippen LogP contribution in [0.15, 0.2) is 18.2 Å². The smallest absolute Gasteiger partial charge is 0.182 e. The van der Waals surface area contributed by atoms with Crippen LogP contribution in [0.4, 0.5) is 4.39 Å². The van der Waals surface area contributed by atoms with Crippen molar-refractivity contribution in [3.8, 4) is 0 Å². The molecule has 0 saturated carbocycles. The number of aryl methyl sites for hydroxylation is 1. The standard InChI is InChI=1S/C11H14FNO/c1-7-6-8(12)4-5-9(7)10(14)11(2,3)13/h4-6H,13H2,1-3H3. The van der Waals surface area contributed by atoms with E-state index < -0.39 is 5.54 Å². The first kappa shape index (κ1) is 10.9. The lowest BCUT2D eigenvalue weighted by molar-refractivity contribution is 0.0913. The van der Waals surface area contributed by atoms with Gasteiger partial charge in [0, 0.05) is 5.56 Å². The second kappa shape index (κ2) is 3.50. The minimum atomic E-state index is -0.914. The first-order valence-electron chi connectivity index (χ1n) is 4.42. The number of nitrogens with two attached hydrogens (primary N) is 1. The van der Waals surface area contributed by atoms with Crippen LogP contribution < -0.4 is 5.73 Å². The molecule has 0 saturated heterocycles. The number of ketones is 1. The summed E-state index contributed by atoms with van der Waals surface area (Å²) >= 11 is 0. The topological polar surface area (TPSA) is 43.1 Å². The maximum Gasteiger partial charge on any atom is 0.182 e. The summed E-state index contributed by atoms with van der Waals surface area (Å²) in [5.74, 6) is -0.510. The second-order valence-electron chi connectivity index (χ2n) is 4.01. The van der Waals surface area contributed by atoms with E-state index in [1.54, 1.807) is 20.8 Å². The molecule has 14 heavy (non-hydrogen) atoms. The molecule has 0 aliphatic rings. The van der Waals surface area contributed by atoms with Crippen LogP contribution in [0.3, 0.4) is 0 Å². The molecule has 1 aromatic rings. The van der Waals surface area contributed by atoms with Gasteiger partial charge in [-0.15, -0.1) is 0 Å². The molecule has 0 spiro atoms. The summed E-state index contributed by atoms with van der Waals surface area (Å²) in [7, 11) is 0. The first-order valence-corrected chi connectivity index (χ1v) is 4.42. The van der Waals surface area contributed by atoms with Crippen molar-refractivity contribution in [1.82, 2.24) is 0 Å². The molecule has 0 amide bonds. The summed E-state index contributed by atoms with van der Waals surface area (Å²) < 4.78 is 12.8. The van der Waals surface area contributed by atoms with Gasteiger partial charge in [0.1, 0.15) is 5.82 Å². The average molecular weight is 195 g/mol. The van der Waals surface area contributed by atoms with Crippen LogP contribution in [-0.4, -0.2) is 11.3 Å². The highest BCUT2D eigenvalue weighted by molar-refractivity contribution is 6.03. The van der Waals surface area contributed by atoms with Crippen molar-refractivity contribution in [3.05, 3.63) is 35.1 Å². The minimum Gasteiger partial charge on any atom is -0.319 e. The summed E-state index contributed by atoms with van der Waals surface area (Å²) in [5.41, 5.74) is 5.86. The SMILES string of the molecule is Cc1cc(F)ccc1C(=O)C(C)(C)N. The molecule has 0 fully saturated rings. The Morgan fingerprint density at radius 3 is 2.43 bits per heavy atom. The Labute approximate surface area is 82.9 Å². The number of hydrogen-bond donors (Lipinski definition) is 1. The van der Waals surface area contributed by atoms with E-state index in [0.29, 0.717) is 11.1 Å². The van der Waals surface area contributed by atoms with Gasteiger partial charge in [0.25, 0.3) is 0 Å². The van der Waals surface area contributed by atoms with Crippen LogP contribution in [0.25, 0.3) is 0 Å². The molecule has 0 unspecified atom stereocenters. The largest absolute Gasteiger partial charge is 0.319 e. The Bertz CT molecular complexity index is 366. The molecule has 0 aromatic heterocycles. The number of halogens is 1. The molecule has 0 aliphatic heterocycles. The molecular formula is C11H14FNO. The zero-order chi connectivity index (χ0) is 10.9. The second-order valence-corrected chi connectivity index (χ2v) is 4.01. The van der Waals surface area contributed by atoms with E-state index in [1.807, 2.05) is 0 Å². The molecule has 76 valence electrons. The van der Waals surface area contributed by atoms with Gasteiger partial charge in [-0.2, -0.15) is 0 Å². The van der Waals surface area contributed by atoms with E-state index in [4.69, 9.17) is 5.73 Å². The maximum atomic E-state index is 12.8. The molecule has 0 radical (unpaired) electrons. The number of rotatable bonds is 2. The molecule has 0 atom stereocenters. The number of Topliss-reactive ketones (excluding diaryl/α,β-unsaturated/α-hetero) is 1. The molecule has 0 aliphatic carbocycles. The highest BCUT2D eigenvalue weighted by Gasteiger charge is 2.24. The molecule has 3 heteroatoms. The van der Waals surface area contributed by atoms with Crippen LogP contribution in [0.1, 0.15) is 29.8 Å². The molecular weight excluding hydrogens is 181 g/mol.